The SMILES string of the molecule is CCNC(=O)CCCNc1ccc(-c2c(C)noc2C)cc1NC(=O)[C@@H]1CCC(=O)N1c1ccc(F)c(F)c1. The molecule has 206 valence electrons. The zero-order valence-corrected chi connectivity index (χ0v) is 22.1. The number of rotatable bonds is 10. The number of halogens is 2. The van der Waals surface area contributed by atoms with Crippen LogP contribution in [-0.2, 0) is 14.4 Å². The first-order valence-corrected chi connectivity index (χ1v) is 12.9. The first kappa shape index (κ1) is 27.7. The number of hydrogen-bond donors (Lipinski definition) is 3. The minimum atomic E-state index is -1.10. The molecule has 1 aromatic heterocycles. The molecule has 39 heavy (non-hydrogen) atoms. The summed E-state index contributed by atoms with van der Waals surface area (Å²) in [5.74, 6) is -2.37. The maximum atomic E-state index is 13.9. The molecule has 1 fully saturated rings. The standard InChI is InChI=1S/C28H31F2N5O4/c1-4-31-25(36)6-5-13-32-22-10-7-18(27-16(2)34-39-17(27)3)14-23(22)33-28(38)24-11-12-26(37)35(24)19-8-9-20(29)21(30)15-19/h7-10,14-15,24,32H,4-6,11-13H2,1-3H3,(H,31,36)(H,33,38)/t24-/m0/s1. The van der Waals surface area contributed by atoms with E-state index in [1.54, 1.807) is 13.0 Å². The highest BCUT2D eigenvalue weighted by Gasteiger charge is 2.37. The molecule has 3 N–H and O–H groups in total. The van der Waals surface area contributed by atoms with Gasteiger partial charge < -0.3 is 20.5 Å². The Labute approximate surface area is 224 Å². The van der Waals surface area contributed by atoms with Gasteiger partial charge in [-0.2, -0.15) is 0 Å². The Morgan fingerprint density at radius 2 is 1.90 bits per heavy atom. The van der Waals surface area contributed by atoms with Crippen molar-refractivity contribution in [2.24, 2.45) is 0 Å². The Balaban J connectivity index is 1.59. The van der Waals surface area contributed by atoms with E-state index < -0.39 is 23.6 Å². The largest absolute Gasteiger partial charge is 0.383 e. The maximum absolute atomic E-state index is 13.9. The third kappa shape index (κ3) is 6.24. The summed E-state index contributed by atoms with van der Waals surface area (Å²) in [6.07, 6.45) is 1.25. The van der Waals surface area contributed by atoms with Crippen molar-refractivity contribution in [2.45, 2.75) is 52.5 Å². The van der Waals surface area contributed by atoms with Crippen LogP contribution >= 0.6 is 0 Å². The van der Waals surface area contributed by atoms with Gasteiger partial charge in [0.05, 0.1) is 17.1 Å². The third-order valence-electron chi connectivity index (χ3n) is 6.57. The van der Waals surface area contributed by atoms with Gasteiger partial charge in [0.15, 0.2) is 11.6 Å². The van der Waals surface area contributed by atoms with Crippen LogP contribution in [0.2, 0.25) is 0 Å². The van der Waals surface area contributed by atoms with E-state index in [1.807, 2.05) is 26.0 Å². The topological polar surface area (TPSA) is 117 Å². The number of carbonyl (C=O) groups is 3. The van der Waals surface area contributed by atoms with Gasteiger partial charge in [-0.05, 0) is 63.4 Å². The molecule has 0 spiro atoms. The fourth-order valence-electron chi connectivity index (χ4n) is 4.72. The van der Waals surface area contributed by atoms with Crippen LogP contribution in [0.25, 0.3) is 11.1 Å². The van der Waals surface area contributed by atoms with Crippen molar-refractivity contribution in [2.75, 3.05) is 28.6 Å². The second-order valence-corrected chi connectivity index (χ2v) is 9.35. The van der Waals surface area contributed by atoms with E-state index in [-0.39, 0.29) is 30.3 Å². The van der Waals surface area contributed by atoms with Gasteiger partial charge in [-0.3, -0.25) is 19.3 Å². The first-order valence-electron chi connectivity index (χ1n) is 12.9. The van der Waals surface area contributed by atoms with Gasteiger partial charge in [0.25, 0.3) is 0 Å². The fourth-order valence-corrected chi connectivity index (χ4v) is 4.72. The summed E-state index contributed by atoms with van der Waals surface area (Å²) in [6, 6.07) is 7.70. The maximum Gasteiger partial charge on any atom is 0.247 e. The molecule has 2 aromatic carbocycles. The number of hydrogen-bond acceptors (Lipinski definition) is 6. The van der Waals surface area contributed by atoms with Crippen molar-refractivity contribution >= 4 is 34.8 Å². The summed E-state index contributed by atoms with van der Waals surface area (Å²) in [5.41, 5.74) is 3.46. The number of aryl methyl sites for hydroxylation is 2. The number of carbonyl (C=O) groups excluding carboxylic acids is 3. The molecule has 0 bridgehead atoms. The van der Waals surface area contributed by atoms with Gasteiger partial charge in [0.1, 0.15) is 11.8 Å². The zero-order valence-electron chi connectivity index (χ0n) is 22.1. The molecular weight excluding hydrogens is 508 g/mol. The lowest BCUT2D eigenvalue weighted by atomic mass is 10.0. The van der Waals surface area contributed by atoms with Crippen LogP contribution in [-0.4, -0.2) is 42.0 Å². The quantitative estimate of drug-likeness (QED) is 0.322. The van der Waals surface area contributed by atoms with E-state index >= 15 is 0 Å². The normalized spacial score (nSPS) is 14.9. The summed E-state index contributed by atoms with van der Waals surface area (Å²) in [6.45, 7) is 6.52. The van der Waals surface area contributed by atoms with Gasteiger partial charge in [0.2, 0.25) is 17.7 Å². The summed E-state index contributed by atoms with van der Waals surface area (Å²) in [5, 5.41) is 13.0. The predicted molar refractivity (Wildman–Crippen MR) is 143 cm³/mol. The number of nitrogens with zero attached hydrogens (tertiary/aromatic N) is 2. The van der Waals surface area contributed by atoms with Crippen LogP contribution in [0, 0.1) is 25.5 Å². The molecule has 1 saturated heterocycles. The summed E-state index contributed by atoms with van der Waals surface area (Å²) < 4.78 is 32.7. The Kier molecular flexibility index (Phi) is 8.58. The lowest BCUT2D eigenvalue weighted by molar-refractivity contribution is -0.121. The summed E-state index contributed by atoms with van der Waals surface area (Å²) in [7, 11) is 0. The van der Waals surface area contributed by atoms with Crippen molar-refractivity contribution < 1.29 is 27.7 Å². The second kappa shape index (κ2) is 12.1. The first-order chi connectivity index (χ1) is 18.7. The average molecular weight is 540 g/mol. The molecule has 2 heterocycles. The molecule has 0 aliphatic carbocycles. The lowest BCUT2D eigenvalue weighted by Crippen LogP contribution is -2.42. The highest BCUT2D eigenvalue weighted by Crippen LogP contribution is 2.34. The third-order valence-corrected chi connectivity index (χ3v) is 6.57. The van der Waals surface area contributed by atoms with E-state index in [0.717, 1.165) is 23.3 Å². The van der Waals surface area contributed by atoms with Gasteiger partial charge in [0, 0.05) is 43.2 Å². The molecule has 1 atom stereocenters. The number of anilines is 3. The number of benzene rings is 2. The molecule has 3 amide bonds. The summed E-state index contributed by atoms with van der Waals surface area (Å²) >= 11 is 0. The van der Waals surface area contributed by atoms with Gasteiger partial charge in [-0.15, -0.1) is 0 Å². The van der Waals surface area contributed by atoms with Crippen LogP contribution in [0.5, 0.6) is 0 Å². The Morgan fingerprint density at radius 3 is 2.59 bits per heavy atom. The highest BCUT2D eigenvalue weighted by atomic mass is 19.2. The lowest BCUT2D eigenvalue weighted by Gasteiger charge is -2.25. The highest BCUT2D eigenvalue weighted by molar-refractivity contribution is 6.08. The smallest absolute Gasteiger partial charge is 0.247 e. The molecule has 0 saturated carbocycles. The van der Waals surface area contributed by atoms with Gasteiger partial charge in [-0.1, -0.05) is 11.2 Å². The molecule has 9 nitrogen and oxygen atoms in total. The van der Waals surface area contributed by atoms with Crippen LogP contribution < -0.4 is 20.9 Å². The number of aromatic nitrogens is 1. The van der Waals surface area contributed by atoms with E-state index in [2.05, 4.69) is 21.1 Å². The van der Waals surface area contributed by atoms with E-state index in [9.17, 15) is 23.2 Å². The molecule has 0 unspecified atom stereocenters. The Bertz CT molecular complexity index is 1370. The van der Waals surface area contributed by atoms with Crippen molar-refractivity contribution in [1.29, 1.82) is 0 Å². The van der Waals surface area contributed by atoms with Crippen LogP contribution in [0.1, 0.15) is 44.1 Å². The van der Waals surface area contributed by atoms with Crippen molar-refractivity contribution in [1.82, 2.24) is 10.5 Å². The molecule has 3 aromatic rings. The molecular formula is C28H31F2N5O4. The monoisotopic (exact) mass is 539 g/mol. The molecule has 1 aliphatic rings. The van der Waals surface area contributed by atoms with E-state index in [1.165, 1.54) is 11.0 Å². The molecule has 1 aliphatic heterocycles. The molecule has 0 radical (unpaired) electrons. The number of nitrogens with one attached hydrogen (secondary N) is 3. The van der Waals surface area contributed by atoms with Crippen LogP contribution in [0.15, 0.2) is 40.9 Å². The number of amides is 3. The van der Waals surface area contributed by atoms with E-state index in [0.29, 0.717) is 48.8 Å². The Hall–Kier alpha value is -4.28. The van der Waals surface area contributed by atoms with Gasteiger partial charge in [-0.25, -0.2) is 8.78 Å². The Morgan fingerprint density at radius 1 is 1.10 bits per heavy atom. The molecule has 4 rings (SSSR count). The van der Waals surface area contributed by atoms with Crippen molar-refractivity contribution in [3.63, 3.8) is 0 Å². The van der Waals surface area contributed by atoms with Crippen molar-refractivity contribution in [3.05, 3.63) is 59.5 Å². The average Bonchev–Trinajstić information content (AvgIpc) is 3.45. The molecule has 11 heteroatoms. The van der Waals surface area contributed by atoms with Crippen LogP contribution in [0.3, 0.4) is 0 Å². The van der Waals surface area contributed by atoms with Gasteiger partial charge >= 0.3 is 0 Å². The minimum Gasteiger partial charge on any atom is -0.383 e. The van der Waals surface area contributed by atoms with E-state index in [4.69, 9.17) is 4.52 Å². The van der Waals surface area contributed by atoms with Crippen molar-refractivity contribution in [3.8, 4) is 11.1 Å². The zero-order chi connectivity index (χ0) is 28.1. The summed E-state index contributed by atoms with van der Waals surface area (Å²) in [4.78, 5) is 39.1. The second-order valence-electron chi connectivity index (χ2n) is 9.35. The minimum absolute atomic E-state index is 0.0372. The predicted octanol–water partition coefficient (Wildman–Crippen LogP) is 4.70. The fraction of sp³-hybridized carbons (Fsp3) is 0.357. The van der Waals surface area contributed by atoms with Crippen LogP contribution in [0.4, 0.5) is 25.8 Å².